The molecule has 1 amide bonds. The molecule has 0 saturated carbocycles. The molecule has 0 aliphatic carbocycles. The zero-order chi connectivity index (χ0) is 19.6. The van der Waals surface area contributed by atoms with Crippen LogP contribution in [0.4, 0.5) is 0 Å². The van der Waals surface area contributed by atoms with Gasteiger partial charge in [0.2, 0.25) is 0 Å². The van der Waals surface area contributed by atoms with Crippen molar-refractivity contribution in [1.29, 1.82) is 0 Å². The average Bonchev–Trinajstić information content (AvgIpc) is 2.68. The summed E-state index contributed by atoms with van der Waals surface area (Å²) in [7, 11) is 0. The standard InChI is InChI=1S/C24H42N2O.ClH/c1-22(2)16-11-8-6-4-3-5-7-9-14-19-25-20-15-21-26-24(27)23-17-12-10-13-18-23;/h10,12-13,17-18,22,25H,3-9,11,14-16,19-21H2,1-2H3,(H,26,27);1H. The molecule has 0 heterocycles. The van der Waals surface area contributed by atoms with Crippen LogP contribution in [0, 0.1) is 5.92 Å². The van der Waals surface area contributed by atoms with E-state index in [9.17, 15) is 4.79 Å². The van der Waals surface area contributed by atoms with Crippen LogP contribution >= 0.6 is 0 Å². The quantitative estimate of drug-likeness (QED) is 0.379. The third-order valence-electron chi connectivity index (χ3n) is 5.10. The fourth-order valence-electron chi connectivity index (χ4n) is 3.36. The summed E-state index contributed by atoms with van der Waals surface area (Å²) in [6.07, 6.45) is 15.1. The third-order valence-corrected chi connectivity index (χ3v) is 5.10. The lowest BCUT2D eigenvalue weighted by Crippen LogP contribution is -3.00. The lowest BCUT2D eigenvalue weighted by molar-refractivity contribution is -0.655. The van der Waals surface area contributed by atoms with Gasteiger partial charge in [-0.2, -0.15) is 0 Å². The van der Waals surface area contributed by atoms with E-state index < -0.39 is 0 Å². The van der Waals surface area contributed by atoms with Crippen molar-refractivity contribution >= 4 is 5.91 Å². The molecule has 0 saturated heterocycles. The number of nitrogens with one attached hydrogen (secondary N) is 1. The van der Waals surface area contributed by atoms with Crippen molar-refractivity contribution in [2.45, 2.75) is 84.5 Å². The molecule has 0 aliphatic rings. The smallest absolute Gasteiger partial charge is 0.251 e. The van der Waals surface area contributed by atoms with Crippen molar-refractivity contribution in [3.63, 3.8) is 0 Å². The second-order valence-electron chi connectivity index (χ2n) is 8.21. The van der Waals surface area contributed by atoms with Gasteiger partial charge >= 0.3 is 0 Å². The van der Waals surface area contributed by atoms with Crippen molar-refractivity contribution in [3.05, 3.63) is 35.9 Å². The molecular formula is C24H43ClN2O. The molecule has 3 nitrogen and oxygen atoms in total. The van der Waals surface area contributed by atoms with E-state index >= 15 is 0 Å². The lowest BCUT2D eigenvalue weighted by atomic mass is 10.0. The van der Waals surface area contributed by atoms with Crippen molar-refractivity contribution in [1.82, 2.24) is 5.32 Å². The maximum atomic E-state index is 11.9. The van der Waals surface area contributed by atoms with E-state index in [-0.39, 0.29) is 18.3 Å². The highest BCUT2D eigenvalue weighted by Gasteiger charge is 2.03. The fraction of sp³-hybridized carbons (Fsp3) is 0.708. The Morgan fingerprint density at radius 3 is 1.96 bits per heavy atom. The molecule has 1 aromatic rings. The monoisotopic (exact) mass is 410 g/mol. The Morgan fingerprint density at radius 2 is 1.36 bits per heavy atom. The molecule has 162 valence electrons. The first-order valence-electron chi connectivity index (χ1n) is 11.3. The summed E-state index contributed by atoms with van der Waals surface area (Å²) < 4.78 is 0. The summed E-state index contributed by atoms with van der Waals surface area (Å²) in [6.45, 7) is 7.73. The van der Waals surface area contributed by atoms with Gasteiger partial charge < -0.3 is 23.0 Å². The van der Waals surface area contributed by atoms with Crippen LogP contribution in [0.1, 0.15) is 94.8 Å². The van der Waals surface area contributed by atoms with Gasteiger partial charge in [0, 0.05) is 18.5 Å². The molecule has 0 bridgehead atoms. The van der Waals surface area contributed by atoms with Gasteiger partial charge in [0.05, 0.1) is 13.1 Å². The Kier molecular flexibility index (Phi) is 18.5. The van der Waals surface area contributed by atoms with Gasteiger partial charge in [-0.3, -0.25) is 4.79 Å². The first-order valence-corrected chi connectivity index (χ1v) is 11.3. The zero-order valence-electron chi connectivity index (χ0n) is 18.2. The van der Waals surface area contributed by atoms with Gasteiger partial charge in [-0.05, 0) is 30.9 Å². The van der Waals surface area contributed by atoms with Crippen LogP contribution in [0.2, 0.25) is 0 Å². The van der Waals surface area contributed by atoms with Gasteiger partial charge in [0.1, 0.15) is 0 Å². The van der Waals surface area contributed by atoms with E-state index in [1.807, 2.05) is 30.3 Å². The Hall–Kier alpha value is -1.06. The van der Waals surface area contributed by atoms with Gasteiger partial charge in [0.25, 0.3) is 5.91 Å². The van der Waals surface area contributed by atoms with Crippen LogP contribution in [0.5, 0.6) is 0 Å². The van der Waals surface area contributed by atoms with E-state index in [0.717, 1.165) is 31.0 Å². The van der Waals surface area contributed by atoms with Crippen molar-refractivity contribution < 1.29 is 22.5 Å². The van der Waals surface area contributed by atoms with Crippen molar-refractivity contribution in [2.24, 2.45) is 5.92 Å². The minimum absolute atomic E-state index is 0. The summed E-state index contributed by atoms with van der Waals surface area (Å²) in [4.78, 5) is 11.9. The Labute approximate surface area is 179 Å². The minimum Gasteiger partial charge on any atom is -1.00 e. The van der Waals surface area contributed by atoms with E-state index in [1.165, 1.54) is 70.8 Å². The van der Waals surface area contributed by atoms with Crippen LogP contribution in [-0.2, 0) is 0 Å². The molecule has 0 aromatic heterocycles. The number of hydrogen-bond acceptors (Lipinski definition) is 1. The molecule has 1 rings (SSSR count). The number of amides is 1. The molecule has 0 fully saturated rings. The number of carbonyl (C=O) groups excluding carboxylic acids is 1. The second-order valence-corrected chi connectivity index (χ2v) is 8.21. The number of hydrogen-bond donors (Lipinski definition) is 2. The topological polar surface area (TPSA) is 45.7 Å². The number of quaternary nitrogens is 1. The third kappa shape index (κ3) is 15.9. The van der Waals surface area contributed by atoms with Crippen LogP contribution < -0.4 is 23.0 Å². The molecule has 4 heteroatoms. The molecule has 0 unspecified atom stereocenters. The number of unbranched alkanes of at least 4 members (excludes halogenated alkanes) is 8. The maximum Gasteiger partial charge on any atom is 0.251 e. The molecule has 28 heavy (non-hydrogen) atoms. The van der Waals surface area contributed by atoms with E-state index in [4.69, 9.17) is 0 Å². The highest BCUT2D eigenvalue weighted by molar-refractivity contribution is 5.94. The summed E-state index contributed by atoms with van der Waals surface area (Å²) in [6, 6.07) is 9.44. The predicted molar refractivity (Wildman–Crippen MR) is 116 cm³/mol. The highest BCUT2D eigenvalue weighted by Crippen LogP contribution is 2.12. The average molecular weight is 411 g/mol. The number of benzene rings is 1. The minimum atomic E-state index is 0. The molecule has 0 spiro atoms. The Bertz CT molecular complexity index is 465. The summed E-state index contributed by atoms with van der Waals surface area (Å²) in [5, 5.41) is 5.38. The van der Waals surface area contributed by atoms with E-state index in [1.54, 1.807) is 0 Å². The number of halogens is 1. The maximum absolute atomic E-state index is 11.9. The summed E-state index contributed by atoms with van der Waals surface area (Å²) in [5.41, 5.74) is 0.747. The predicted octanol–water partition coefficient (Wildman–Crippen LogP) is 1.93. The Balaban J connectivity index is 0.00000729. The van der Waals surface area contributed by atoms with Gasteiger partial charge in [-0.1, -0.05) is 83.4 Å². The molecule has 0 atom stereocenters. The summed E-state index contributed by atoms with van der Waals surface area (Å²) in [5.74, 6) is 0.908. The van der Waals surface area contributed by atoms with E-state index in [2.05, 4.69) is 24.5 Å². The number of rotatable bonds is 17. The van der Waals surface area contributed by atoms with Gasteiger partial charge in [0.15, 0.2) is 0 Å². The lowest BCUT2D eigenvalue weighted by Gasteiger charge is -2.06. The van der Waals surface area contributed by atoms with Crippen molar-refractivity contribution in [3.8, 4) is 0 Å². The Morgan fingerprint density at radius 1 is 0.821 bits per heavy atom. The van der Waals surface area contributed by atoms with Crippen molar-refractivity contribution in [2.75, 3.05) is 19.6 Å². The first-order chi connectivity index (χ1) is 13.2. The molecule has 3 N–H and O–H groups in total. The summed E-state index contributed by atoms with van der Waals surface area (Å²) >= 11 is 0. The first kappa shape index (κ1) is 26.9. The van der Waals surface area contributed by atoms with Crippen LogP contribution in [-0.4, -0.2) is 25.5 Å². The SMILES string of the molecule is CC(C)CCCCCCCCCCC[NH2+]CCCNC(=O)c1ccccc1.[Cl-]. The molecule has 1 aromatic carbocycles. The largest absolute Gasteiger partial charge is 1.00 e. The molecule has 0 aliphatic heterocycles. The van der Waals surface area contributed by atoms with E-state index in [0.29, 0.717) is 0 Å². The zero-order valence-corrected chi connectivity index (χ0v) is 19.0. The molecular weight excluding hydrogens is 368 g/mol. The normalized spacial score (nSPS) is 10.7. The van der Waals surface area contributed by atoms with Gasteiger partial charge in [-0.15, -0.1) is 0 Å². The molecule has 0 radical (unpaired) electrons. The highest BCUT2D eigenvalue weighted by atomic mass is 35.5. The number of nitrogens with two attached hydrogens (primary N) is 1. The second kappa shape index (κ2) is 19.3. The van der Waals surface area contributed by atoms with Gasteiger partial charge in [-0.25, -0.2) is 0 Å². The van der Waals surface area contributed by atoms with Crippen LogP contribution in [0.25, 0.3) is 0 Å². The van der Waals surface area contributed by atoms with Crippen LogP contribution in [0.3, 0.4) is 0 Å². The fourth-order valence-corrected chi connectivity index (χ4v) is 3.36. The van der Waals surface area contributed by atoms with Crippen LogP contribution in [0.15, 0.2) is 30.3 Å². The number of carbonyl (C=O) groups is 1.